The zero-order valence-electron chi connectivity index (χ0n) is 15.8. The highest BCUT2D eigenvalue weighted by Gasteiger charge is 2.19. The molecule has 0 aliphatic heterocycles. The second-order valence-corrected chi connectivity index (χ2v) is 7.10. The minimum Gasteiger partial charge on any atom is -0.493 e. The van der Waals surface area contributed by atoms with E-state index in [-0.39, 0.29) is 23.1 Å². The highest BCUT2D eigenvalue weighted by molar-refractivity contribution is 9.10. The fourth-order valence-electron chi connectivity index (χ4n) is 2.41. The van der Waals surface area contributed by atoms with Gasteiger partial charge in [-0.1, -0.05) is 45.7 Å². The Morgan fingerprint density at radius 2 is 1.93 bits per heavy atom. The highest BCUT2D eigenvalue weighted by Crippen LogP contribution is 2.36. The van der Waals surface area contributed by atoms with E-state index >= 15 is 0 Å². The molecule has 2 rings (SSSR count). The second kappa shape index (κ2) is 10.3. The molecule has 0 unspecified atom stereocenters. The van der Waals surface area contributed by atoms with Crippen molar-refractivity contribution >= 4 is 39.4 Å². The molecule has 0 N–H and O–H groups in total. The van der Waals surface area contributed by atoms with Crippen LogP contribution in [-0.2, 0) is 16.1 Å². The Labute approximate surface area is 177 Å². The van der Waals surface area contributed by atoms with Gasteiger partial charge in [0, 0.05) is 18.1 Å². The fraction of sp³-hybridized carbons (Fsp3) is 0.300. The summed E-state index contributed by atoms with van der Waals surface area (Å²) in [6, 6.07) is 10.5. The molecule has 0 aliphatic carbocycles. The van der Waals surface area contributed by atoms with E-state index in [1.165, 1.54) is 24.1 Å². The van der Waals surface area contributed by atoms with Crippen LogP contribution in [0.2, 0.25) is 5.02 Å². The van der Waals surface area contributed by atoms with E-state index in [0.717, 1.165) is 10.0 Å². The smallest absolute Gasteiger partial charge is 0.338 e. The Morgan fingerprint density at radius 1 is 1.21 bits per heavy atom. The molecule has 0 spiro atoms. The van der Waals surface area contributed by atoms with E-state index in [4.69, 9.17) is 25.8 Å². The number of amides is 1. The lowest BCUT2D eigenvalue weighted by atomic mass is 10.2. The monoisotopic (exact) mass is 469 g/mol. The van der Waals surface area contributed by atoms with Gasteiger partial charge in [-0.2, -0.15) is 0 Å². The first-order chi connectivity index (χ1) is 13.4. The number of carbonyl (C=O) groups is 2. The summed E-state index contributed by atoms with van der Waals surface area (Å²) in [5.74, 6) is -0.329. The molecule has 28 heavy (non-hydrogen) atoms. The maximum absolute atomic E-state index is 12.3. The first-order valence-corrected chi connectivity index (χ1v) is 9.69. The summed E-state index contributed by atoms with van der Waals surface area (Å²) in [7, 11) is 3.09. The van der Waals surface area contributed by atoms with E-state index in [2.05, 4.69) is 15.9 Å². The summed E-state index contributed by atoms with van der Waals surface area (Å²) < 4.78 is 16.7. The molecule has 6 nitrogen and oxygen atoms in total. The van der Waals surface area contributed by atoms with Crippen molar-refractivity contribution in [3.05, 3.63) is 57.0 Å². The van der Waals surface area contributed by atoms with Crippen molar-refractivity contribution in [3.8, 4) is 11.5 Å². The maximum Gasteiger partial charge on any atom is 0.338 e. The average Bonchev–Trinajstić information content (AvgIpc) is 2.68. The zero-order valence-corrected chi connectivity index (χ0v) is 18.2. The molecule has 1 amide bonds. The first-order valence-electron chi connectivity index (χ1n) is 8.52. The minimum atomic E-state index is -0.675. The molecule has 0 atom stereocenters. The number of hydrogen-bond donors (Lipinski definition) is 0. The van der Waals surface area contributed by atoms with Gasteiger partial charge in [0.2, 0.25) is 0 Å². The SMILES string of the molecule is CCOc1c(Cl)cc(C(=O)OCC(=O)N(C)Cc2ccccc2Br)cc1OC. The van der Waals surface area contributed by atoms with Gasteiger partial charge in [-0.05, 0) is 30.7 Å². The maximum atomic E-state index is 12.3. The van der Waals surface area contributed by atoms with Crippen LogP contribution in [0.3, 0.4) is 0 Å². The Kier molecular flexibility index (Phi) is 8.14. The molecule has 2 aromatic carbocycles. The predicted molar refractivity (Wildman–Crippen MR) is 110 cm³/mol. The van der Waals surface area contributed by atoms with Crippen LogP contribution < -0.4 is 9.47 Å². The predicted octanol–water partition coefficient (Wildman–Crippen LogP) is 4.33. The van der Waals surface area contributed by atoms with Crippen LogP contribution in [0, 0.1) is 0 Å². The number of rotatable bonds is 8. The normalized spacial score (nSPS) is 10.3. The van der Waals surface area contributed by atoms with E-state index < -0.39 is 5.97 Å². The Hall–Kier alpha value is -2.25. The number of carbonyl (C=O) groups excluding carboxylic acids is 2. The van der Waals surface area contributed by atoms with Gasteiger partial charge in [-0.3, -0.25) is 4.79 Å². The van der Waals surface area contributed by atoms with Gasteiger partial charge in [0.1, 0.15) is 0 Å². The van der Waals surface area contributed by atoms with Crippen molar-refractivity contribution in [1.82, 2.24) is 4.90 Å². The van der Waals surface area contributed by atoms with Gasteiger partial charge in [0.15, 0.2) is 18.1 Å². The summed E-state index contributed by atoms with van der Waals surface area (Å²) >= 11 is 9.61. The molecule has 8 heteroatoms. The van der Waals surface area contributed by atoms with Crippen LogP contribution in [0.1, 0.15) is 22.8 Å². The van der Waals surface area contributed by atoms with Crippen molar-refractivity contribution < 1.29 is 23.8 Å². The fourth-order valence-corrected chi connectivity index (χ4v) is 3.09. The van der Waals surface area contributed by atoms with E-state index in [0.29, 0.717) is 24.7 Å². The third-order valence-corrected chi connectivity index (χ3v) is 4.93. The average molecular weight is 471 g/mol. The van der Waals surface area contributed by atoms with Gasteiger partial charge in [0.05, 0.1) is 24.3 Å². The van der Waals surface area contributed by atoms with Crippen LogP contribution in [-0.4, -0.2) is 44.1 Å². The molecule has 150 valence electrons. The summed E-state index contributed by atoms with van der Waals surface area (Å²) in [6.07, 6.45) is 0. The molecule has 2 aromatic rings. The molecule has 0 aliphatic rings. The highest BCUT2D eigenvalue weighted by atomic mass is 79.9. The summed E-state index contributed by atoms with van der Waals surface area (Å²) in [6.45, 7) is 2.22. The lowest BCUT2D eigenvalue weighted by Gasteiger charge is -2.18. The van der Waals surface area contributed by atoms with Gasteiger partial charge < -0.3 is 19.1 Å². The quantitative estimate of drug-likeness (QED) is 0.538. The van der Waals surface area contributed by atoms with Gasteiger partial charge >= 0.3 is 5.97 Å². The number of hydrogen-bond acceptors (Lipinski definition) is 5. The zero-order chi connectivity index (χ0) is 20.7. The molecular weight excluding hydrogens is 450 g/mol. The Balaban J connectivity index is 2.00. The van der Waals surface area contributed by atoms with Crippen molar-refractivity contribution in [2.24, 2.45) is 0 Å². The third kappa shape index (κ3) is 5.62. The van der Waals surface area contributed by atoms with E-state index in [1.54, 1.807) is 7.05 Å². The number of benzene rings is 2. The lowest BCUT2D eigenvalue weighted by Crippen LogP contribution is -2.31. The van der Waals surface area contributed by atoms with E-state index in [1.807, 2.05) is 31.2 Å². The van der Waals surface area contributed by atoms with Crippen molar-refractivity contribution in [2.75, 3.05) is 27.4 Å². The van der Waals surface area contributed by atoms with Gasteiger partial charge in [-0.15, -0.1) is 0 Å². The molecule has 0 saturated carbocycles. The Bertz CT molecular complexity index is 858. The van der Waals surface area contributed by atoms with Crippen LogP contribution in [0.15, 0.2) is 40.9 Å². The lowest BCUT2D eigenvalue weighted by molar-refractivity contribution is -0.133. The van der Waals surface area contributed by atoms with Crippen LogP contribution in [0.4, 0.5) is 0 Å². The molecule has 0 saturated heterocycles. The summed E-state index contributed by atoms with van der Waals surface area (Å²) in [4.78, 5) is 26.1. The van der Waals surface area contributed by atoms with E-state index in [9.17, 15) is 9.59 Å². The number of halogens is 2. The number of ether oxygens (including phenoxy) is 3. The minimum absolute atomic E-state index is 0.173. The van der Waals surface area contributed by atoms with Crippen molar-refractivity contribution in [2.45, 2.75) is 13.5 Å². The van der Waals surface area contributed by atoms with Crippen molar-refractivity contribution in [1.29, 1.82) is 0 Å². The number of esters is 1. The second-order valence-electron chi connectivity index (χ2n) is 5.84. The molecule has 0 radical (unpaired) electrons. The topological polar surface area (TPSA) is 65.1 Å². The molecule has 0 fully saturated rings. The molecular formula is C20H21BrClNO5. The number of nitrogens with zero attached hydrogens (tertiary/aromatic N) is 1. The van der Waals surface area contributed by atoms with Gasteiger partial charge in [0.25, 0.3) is 5.91 Å². The number of likely N-dealkylation sites (N-methyl/N-ethyl adjacent to an activating group) is 1. The third-order valence-electron chi connectivity index (χ3n) is 3.87. The molecule has 0 aromatic heterocycles. The van der Waals surface area contributed by atoms with Gasteiger partial charge in [-0.25, -0.2) is 4.79 Å². The summed E-state index contributed by atoms with van der Waals surface area (Å²) in [5, 5.41) is 0.227. The first kappa shape index (κ1) is 22.0. The van der Waals surface area contributed by atoms with Crippen LogP contribution in [0.25, 0.3) is 0 Å². The standard InChI is InChI=1S/C20H21BrClNO5/c1-4-27-19-16(22)9-14(10-17(19)26-3)20(25)28-12-18(24)23(2)11-13-7-5-6-8-15(13)21/h5-10H,4,11-12H2,1-3H3. The van der Waals surface area contributed by atoms with Crippen LogP contribution >= 0.6 is 27.5 Å². The number of methoxy groups -OCH3 is 1. The van der Waals surface area contributed by atoms with Crippen molar-refractivity contribution in [3.63, 3.8) is 0 Å². The van der Waals surface area contributed by atoms with Crippen LogP contribution in [0.5, 0.6) is 11.5 Å². The molecule has 0 heterocycles. The summed E-state index contributed by atoms with van der Waals surface area (Å²) in [5.41, 5.74) is 1.12. The Morgan fingerprint density at radius 3 is 2.57 bits per heavy atom. The molecule has 0 bridgehead atoms. The largest absolute Gasteiger partial charge is 0.493 e.